The Balaban J connectivity index is 2.41. The number of carbonyl (C=O) groups excluding carboxylic acids is 3. The van der Waals surface area contributed by atoms with Crippen molar-refractivity contribution in [2.45, 2.75) is 59.7 Å². The van der Waals surface area contributed by atoms with Gasteiger partial charge in [0.15, 0.2) is 5.78 Å². The van der Waals surface area contributed by atoms with E-state index in [1.54, 1.807) is 19.1 Å². The minimum Gasteiger partial charge on any atom is -0.352 e. The van der Waals surface area contributed by atoms with Gasteiger partial charge in [0, 0.05) is 18.2 Å². The molecule has 2 aromatic carbocycles. The van der Waals surface area contributed by atoms with Crippen molar-refractivity contribution in [3.63, 3.8) is 0 Å². The quantitative estimate of drug-likeness (QED) is 0.476. The molecule has 2 amide bonds. The Morgan fingerprint density at radius 2 is 1.66 bits per heavy atom. The number of anilines is 1. The lowest BCUT2D eigenvalue weighted by Crippen LogP contribution is -2.52. The van der Waals surface area contributed by atoms with Crippen molar-refractivity contribution in [3.05, 3.63) is 65.2 Å². The monoisotopic (exact) mass is 501 g/mol. The number of Topliss-reactive ketones (excluding diaryl/α,β-unsaturated/α-hetero) is 1. The molecule has 0 aliphatic carbocycles. The van der Waals surface area contributed by atoms with Gasteiger partial charge in [-0.25, -0.2) is 8.42 Å². The second-order valence-electron chi connectivity index (χ2n) is 8.88. The molecule has 2 rings (SSSR count). The van der Waals surface area contributed by atoms with E-state index in [0.29, 0.717) is 5.56 Å². The first-order chi connectivity index (χ1) is 16.3. The molecule has 0 radical (unpaired) electrons. The van der Waals surface area contributed by atoms with E-state index in [1.807, 2.05) is 45.0 Å². The highest BCUT2D eigenvalue weighted by atomic mass is 32.2. The van der Waals surface area contributed by atoms with Crippen LogP contribution < -0.4 is 9.62 Å². The Morgan fingerprint density at radius 3 is 2.20 bits per heavy atom. The molecule has 190 valence electrons. The summed E-state index contributed by atoms with van der Waals surface area (Å²) in [6.45, 7) is 8.43. The summed E-state index contributed by atoms with van der Waals surface area (Å²) in [5.41, 5.74) is 2.42. The van der Waals surface area contributed by atoms with Crippen LogP contribution in [-0.4, -0.2) is 55.8 Å². The molecule has 8 nitrogen and oxygen atoms in total. The number of hydrogen-bond acceptors (Lipinski definition) is 5. The smallest absolute Gasteiger partial charge is 0.244 e. The maximum Gasteiger partial charge on any atom is 0.244 e. The van der Waals surface area contributed by atoms with Gasteiger partial charge in [-0.15, -0.1) is 0 Å². The number of nitrogens with zero attached hydrogens (tertiary/aromatic N) is 2. The summed E-state index contributed by atoms with van der Waals surface area (Å²) in [4.78, 5) is 39.6. The molecular weight excluding hydrogens is 466 g/mol. The van der Waals surface area contributed by atoms with Crippen LogP contribution in [0.25, 0.3) is 0 Å². The largest absolute Gasteiger partial charge is 0.352 e. The maximum absolute atomic E-state index is 13.5. The topological polar surface area (TPSA) is 104 Å². The lowest BCUT2D eigenvalue weighted by atomic mass is 10.1. The van der Waals surface area contributed by atoms with Crippen LogP contribution in [0.1, 0.15) is 55.6 Å². The summed E-state index contributed by atoms with van der Waals surface area (Å²) in [6.07, 6.45) is 1.74. The summed E-state index contributed by atoms with van der Waals surface area (Å²) in [7, 11) is -3.86. The van der Waals surface area contributed by atoms with Crippen LogP contribution >= 0.6 is 0 Å². The van der Waals surface area contributed by atoms with Gasteiger partial charge >= 0.3 is 0 Å². The highest BCUT2D eigenvalue weighted by molar-refractivity contribution is 7.92. The van der Waals surface area contributed by atoms with E-state index in [4.69, 9.17) is 0 Å². The Hall–Kier alpha value is -3.20. The third kappa shape index (κ3) is 7.92. The van der Waals surface area contributed by atoms with E-state index >= 15 is 0 Å². The fourth-order valence-electron chi connectivity index (χ4n) is 3.43. The average molecular weight is 502 g/mol. The Kier molecular flexibility index (Phi) is 9.59. The van der Waals surface area contributed by atoms with Crippen molar-refractivity contribution in [1.29, 1.82) is 0 Å². The molecule has 0 aromatic heterocycles. The Morgan fingerprint density at radius 1 is 1.03 bits per heavy atom. The van der Waals surface area contributed by atoms with Crippen molar-refractivity contribution in [2.24, 2.45) is 0 Å². The minimum atomic E-state index is -3.86. The van der Waals surface area contributed by atoms with E-state index < -0.39 is 28.5 Å². The van der Waals surface area contributed by atoms with Crippen LogP contribution in [0.3, 0.4) is 0 Å². The summed E-state index contributed by atoms with van der Waals surface area (Å²) in [5, 5.41) is 2.89. The van der Waals surface area contributed by atoms with Gasteiger partial charge in [0.1, 0.15) is 12.6 Å². The van der Waals surface area contributed by atoms with Crippen LogP contribution in [-0.2, 0) is 26.2 Å². The number of rotatable bonds is 11. The molecule has 1 N–H and O–H groups in total. The summed E-state index contributed by atoms with van der Waals surface area (Å²) in [6, 6.07) is 12.8. The molecule has 0 spiro atoms. The molecule has 2 aromatic rings. The van der Waals surface area contributed by atoms with E-state index in [2.05, 4.69) is 5.32 Å². The number of ketones is 1. The van der Waals surface area contributed by atoms with Crippen LogP contribution in [0.15, 0.2) is 48.5 Å². The zero-order chi connectivity index (χ0) is 26.3. The molecule has 0 fully saturated rings. The van der Waals surface area contributed by atoms with E-state index in [9.17, 15) is 22.8 Å². The van der Waals surface area contributed by atoms with Gasteiger partial charge in [-0.3, -0.25) is 18.7 Å². The number of hydrogen-bond donors (Lipinski definition) is 1. The van der Waals surface area contributed by atoms with Crippen molar-refractivity contribution in [2.75, 3.05) is 17.1 Å². The summed E-state index contributed by atoms with van der Waals surface area (Å²) < 4.78 is 26.3. The van der Waals surface area contributed by atoms with Crippen molar-refractivity contribution < 1.29 is 22.8 Å². The van der Waals surface area contributed by atoms with Gasteiger partial charge in [-0.05, 0) is 51.8 Å². The van der Waals surface area contributed by atoms with E-state index in [0.717, 1.165) is 28.1 Å². The predicted octanol–water partition coefficient (Wildman–Crippen LogP) is 3.30. The van der Waals surface area contributed by atoms with Gasteiger partial charge in [0.25, 0.3) is 0 Å². The number of benzene rings is 2. The predicted molar refractivity (Wildman–Crippen MR) is 138 cm³/mol. The number of carbonyl (C=O) groups is 3. The van der Waals surface area contributed by atoms with E-state index in [-0.39, 0.29) is 30.0 Å². The third-order valence-electron chi connectivity index (χ3n) is 5.86. The number of aryl methyl sites for hydroxylation is 1. The normalized spacial score (nSPS) is 13.0. The van der Waals surface area contributed by atoms with Crippen molar-refractivity contribution in [3.8, 4) is 0 Å². The second-order valence-corrected chi connectivity index (χ2v) is 10.8. The van der Waals surface area contributed by atoms with Crippen molar-refractivity contribution >= 4 is 33.3 Å². The molecule has 9 heteroatoms. The zero-order valence-electron chi connectivity index (χ0n) is 21.2. The van der Waals surface area contributed by atoms with Gasteiger partial charge in [-0.2, -0.15) is 0 Å². The average Bonchev–Trinajstić information content (AvgIpc) is 2.80. The first-order valence-corrected chi connectivity index (χ1v) is 13.4. The van der Waals surface area contributed by atoms with E-state index in [1.165, 1.54) is 24.0 Å². The Labute approximate surface area is 208 Å². The van der Waals surface area contributed by atoms with Gasteiger partial charge in [0.05, 0.1) is 11.9 Å². The minimum absolute atomic E-state index is 0.0666. The molecule has 35 heavy (non-hydrogen) atoms. The Bertz CT molecular complexity index is 1160. The number of amides is 2. The van der Waals surface area contributed by atoms with Crippen LogP contribution in [0, 0.1) is 6.92 Å². The van der Waals surface area contributed by atoms with Crippen LogP contribution in [0.4, 0.5) is 5.69 Å². The first-order valence-electron chi connectivity index (χ1n) is 11.6. The van der Waals surface area contributed by atoms with Gasteiger partial charge in [-0.1, -0.05) is 48.9 Å². The molecule has 0 aliphatic rings. The summed E-state index contributed by atoms with van der Waals surface area (Å²) >= 11 is 0. The molecule has 0 bridgehead atoms. The SMILES string of the molecule is CC[C@H](C)NC(=O)[C@@H](C)N(Cc1ccc(C)cc1)C(=O)CN(c1cccc(C(C)=O)c1)S(C)(=O)=O. The van der Waals surface area contributed by atoms with Gasteiger partial charge < -0.3 is 10.2 Å². The molecule has 0 heterocycles. The standard InChI is InChI=1S/C26H35N3O5S/c1-7-19(3)27-26(32)20(4)28(16-22-13-11-18(2)12-14-22)25(31)17-29(35(6,33)34)24-10-8-9-23(15-24)21(5)30/h8-15,19-20H,7,16-17H2,1-6H3,(H,27,32)/t19-,20+/m0/s1. The zero-order valence-corrected chi connectivity index (χ0v) is 22.1. The maximum atomic E-state index is 13.5. The third-order valence-corrected chi connectivity index (χ3v) is 7.00. The molecule has 0 saturated heterocycles. The highest BCUT2D eigenvalue weighted by Gasteiger charge is 2.30. The first kappa shape index (κ1) is 28.0. The number of nitrogens with one attached hydrogen (secondary N) is 1. The lowest BCUT2D eigenvalue weighted by Gasteiger charge is -2.32. The van der Waals surface area contributed by atoms with Crippen molar-refractivity contribution in [1.82, 2.24) is 10.2 Å². The molecule has 0 aliphatic heterocycles. The van der Waals surface area contributed by atoms with Crippen LogP contribution in [0.5, 0.6) is 0 Å². The molecular formula is C26H35N3O5S. The summed E-state index contributed by atoms with van der Waals surface area (Å²) in [5.74, 6) is -1.07. The van der Waals surface area contributed by atoms with Gasteiger partial charge in [0.2, 0.25) is 21.8 Å². The fraction of sp³-hybridized carbons (Fsp3) is 0.423. The highest BCUT2D eigenvalue weighted by Crippen LogP contribution is 2.21. The van der Waals surface area contributed by atoms with Crippen LogP contribution in [0.2, 0.25) is 0 Å². The molecule has 0 saturated carbocycles. The fourth-order valence-corrected chi connectivity index (χ4v) is 4.27. The molecule has 0 unspecified atom stereocenters. The molecule has 2 atom stereocenters. The lowest BCUT2D eigenvalue weighted by molar-refractivity contribution is -0.139. The second kappa shape index (κ2) is 12.0. The number of sulfonamides is 1.